The highest BCUT2D eigenvalue weighted by Gasteiger charge is 2.41. The molecular weight excluding hydrogens is 264 g/mol. The van der Waals surface area contributed by atoms with Gasteiger partial charge in [0.1, 0.15) is 0 Å². The SMILES string of the molecule is CC(=O)N1CCC[C@@H]1[C@H]1CCCN1CC1(O)CCCCC1. The third-order valence-corrected chi connectivity index (χ3v) is 5.84. The van der Waals surface area contributed by atoms with Crippen molar-refractivity contribution in [3.8, 4) is 0 Å². The first-order chi connectivity index (χ1) is 10.1. The number of β-amino-alcohol motifs (C(OH)–C–C–N with tert-alkyl or cyclic N) is 1. The Bertz CT molecular complexity index is 379. The summed E-state index contributed by atoms with van der Waals surface area (Å²) in [6.07, 6.45) is 10.2. The van der Waals surface area contributed by atoms with Gasteiger partial charge in [-0.3, -0.25) is 9.69 Å². The van der Waals surface area contributed by atoms with Crippen molar-refractivity contribution < 1.29 is 9.90 Å². The Morgan fingerprint density at radius 3 is 2.43 bits per heavy atom. The van der Waals surface area contributed by atoms with Crippen LogP contribution in [0.1, 0.15) is 64.7 Å². The van der Waals surface area contributed by atoms with Gasteiger partial charge >= 0.3 is 0 Å². The number of rotatable bonds is 3. The van der Waals surface area contributed by atoms with E-state index in [0.717, 1.165) is 58.2 Å². The summed E-state index contributed by atoms with van der Waals surface area (Å²) in [6, 6.07) is 0.861. The summed E-state index contributed by atoms with van der Waals surface area (Å²) in [5.41, 5.74) is -0.472. The summed E-state index contributed by atoms with van der Waals surface area (Å²) in [5, 5.41) is 10.8. The van der Waals surface area contributed by atoms with E-state index in [0.29, 0.717) is 12.1 Å². The van der Waals surface area contributed by atoms with Gasteiger partial charge in [0.15, 0.2) is 0 Å². The number of hydrogen-bond donors (Lipinski definition) is 1. The van der Waals surface area contributed by atoms with E-state index in [2.05, 4.69) is 9.80 Å². The number of carbonyl (C=O) groups excluding carboxylic acids is 1. The smallest absolute Gasteiger partial charge is 0.219 e. The molecule has 4 nitrogen and oxygen atoms in total. The number of nitrogens with zero attached hydrogens (tertiary/aromatic N) is 2. The number of amides is 1. The Labute approximate surface area is 128 Å². The predicted octanol–water partition coefficient (Wildman–Crippen LogP) is 2.16. The van der Waals surface area contributed by atoms with Crippen LogP contribution in [0.5, 0.6) is 0 Å². The zero-order valence-electron chi connectivity index (χ0n) is 13.4. The number of aliphatic hydroxyl groups is 1. The van der Waals surface area contributed by atoms with Crippen molar-refractivity contribution in [3.05, 3.63) is 0 Å². The largest absolute Gasteiger partial charge is 0.389 e. The van der Waals surface area contributed by atoms with E-state index < -0.39 is 5.60 Å². The molecule has 0 bridgehead atoms. The van der Waals surface area contributed by atoms with E-state index in [1.165, 1.54) is 19.3 Å². The van der Waals surface area contributed by atoms with Gasteiger partial charge in [0.25, 0.3) is 0 Å². The van der Waals surface area contributed by atoms with Crippen LogP contribution in [0.4, 0.5) is 0 Å². The Hall–Kier alpha value is -0.610. The Morgan fingerprint density at radius 1 is 1.05 bits per heavy atom. The Kier molecular flexibility index (Phi) is 4.55. The molecule has 2 atom stereocenters. The third kappa shape index (κ3) is 3.26. The number of likely N-dealkylation sites (tertiary alicyclic amines) is 2. The Balaban J connectivity index is 1.66. The van der Waals surface area contributed by atoms with Gasteiger partial charge in [-0.2, -0.15) is 0 Å². The maximum absolute atomic E-state index is 11.8. The van der Waals surface area contributed by atoms with E-state index >= 15 is 0 Å². The second-order valence-corrected chi connectivity index (χ2v) is 7.39. The first-order valence-corrected chi connectivity index (χ1v) is 8.83. The highest BCUT2D eigenvalue weighted by Crippen LogP contribution is 2.34. The molecule has 0 aromatic carbocycles. The van der Waals surface area contributed by atoms with Gasteiger partial charge < -0.3 is 10.0 Å². The fraction of sp³-hybridized carbons (Fsp3) is 0.941. The zero-order chi connectivity index (χ0) is 14.9. The molecule has 3 rings (SSSR count). The van der Waals surface area contributed by atoms with E-state index in [9.17, 15) is 9.90 Å². The maximum Gasteiger partial charge on any atom is 0.219 e. The van der Waals surface area contributed by atoms with Gasteiger partial charge in [-0.15, -0.1) is 0 Å². The predicted molar refractivity (Wildman–Crippen MR) is 83.0 cm³/mol. The molecule has 0 aromatic heterocycles. The van der Waals surface area contributed by atoms with E-state index in [4.69, 9.17) is 0 Å². The standard InChI is InChI=1S/C17H30N2O2/c1-14(20)19-12-6-8-16(19)15-7-5-11-18(15)13-17(21)9-3-2-4-10-17/h15-16,21H,2-13H2,1H3/t15-,16-/m1/s1. The van der Waals surface area contributed by atoms with Gasteiger partial charge in [0.05, 0.1) is 5.60 Å². The molecule has 3 aliphatic rings. The van der Waals surface area contributed by atoms with Gasteiger partial charge in [-0.25, -0.2) is 0 Å². The average molecular weight is 294 g/mol. The molecule has 2 heterocycles. The molecule has 1 amide bonds. The maximum atomic E-state index is 11.8. The van der Waals surface area contributed by atoms with Crippen LogP contribution in [0.2, 0.25) is 0 Å². The molecule has 0 aromatic rings. The van der Waals surface area contributed by atoms with Crippen molar-refractivity contribution in [2.24, 2.45) is 0 Å². The molecule has 0 spiro atoms. The van der Waals surface area contributed by atoms with Crippen molar-refractivity contribution in [1.29, 1.82) is 0 Å². The fourth-order valence-corrected chi connectivity index (χ4v) is 4.81. The second-order valence-electron chi connectivity index (χ2n) is 7.39. The first kappa shape index (κ1) is 15.3. The highest BCUT2D eigenvalue weighted by molar-refractivity contribution is 5.74. The lowest BCUT2D eigenvalue weighted by molar-refractivity contribution is -0.130. The lowest BCUT2D eigenvalue weighted by Crippen LogP contribution is -2.52. The molecule has 120 valence electrons. The summed E-state index contributed by atoms with van der Waals surface area (Å²) < 4.78 is 0. The third-order valence-electron chi connectivity index (χ3n) is 5.84. The van der Waals surface area contributed by atoms with Crippen LogP contribution < -0.4 is 0 Å². The quantitative estimate of drug-likeness (QED) is 0.867. The van der Waals surface area contributed by atoms with Gasteiger partial charge in [0, 0.05) is 32.1 Å². The molecular formula is C17H30N2O2. The molecule has 21 heavy (non-hydrogen) atoms. The lowest BCUT2D eigenvalue weighted by Gasteiger charge is -2.40. The van der Waals surface area contributed by atoms with Gasteiger partial charge in [-0.1, -0.05) is 19.3 Å². The number of hydrogen-bond acceptors (Lipinski definition) is 3. The van der Waals surface area contributed by atoms with Crippen molar-refractivity contribution in [2.45, 2.75) is 82.4 Å². The van der Waals surface area contributed by atoms with E-state index in [1.807, 2.05) is 0 Å². The second kappa shape index (κ2) is 6.25. The van der Waals surface area contributed by atoms with Crippen LogP contribution in [-0.4, -0.2) is 58.1 Å². The van der Waals surface area contributed by atoms with Crippen LogP contribution in [0.25, 0.3) is 0 Å². The van der Waals surface area contributed by atoms with Crippen LogP contribution in [-0.2, 0) is 4.79 Å². The van der Waals surface area contributed by atoms with Gasteiger partial charge in [0.2, 0.25) is 5.91 Å². The molecule has 0 radical (unpaired) electrons. The minimum atomic E-state index is -0.472. The van der Waals surface area contributed by atoms with Crippen molar-refractivity contribution in [2.75, 3.05) is 19.6 Å². The first-order valence-electron chi connectivity index (χ1n) is 8.83. The van der Waals surface area contributed by atoms with Gasteiger partial charge in [-0.05, 0) is 45.1 Å². The van der Waals surface area contributed by atoms with Crippen LogP contribution in [0, 0.1) is 0 Å². The molecule has 0 unspecified atom stereocenters. The number of carbonyl (C=O) groups is 1. The minimum absolute atomic E-state index is 0.223. The summed E-state index contributed by atoms with van der Waals surface area (Å²) in [7, 11) is 0. The average Bonchev–Trinajstić information content (AvgIpc) is 3.06. The van der Waals surface area contributed by atoms with E-state index in [1.54, 1.807) is 6.92 Å². The van der Waals surface area contributed by atoms with Crippen molar-refractivity contribution >= 4 is 5.91 Å². The molecule has 2 saturated heterocycles. The fourth-order valence-electron chi connectivity index (χ4n) is 4.81. The molecule has 4 heteroatoms. The van der Waals surface area contributed by atoms with Crippen LogP contribution >= 0.6 is 0 Å². The molecule has 1 saturated carbocycles. The highest BCUT2D eigenvalue weighted by atomic mass is 16.3. The van der Waals surface area contributed by atoms with Crippen molar-refractivity contribution in [1.82, 2.24) is 9.80 Å². The normalized spacial score (nSPS) is 33.5. The van der Waals surface area contributed by atoms with E-state index in [-0.39, 0.29) is 5.91 Å². The lowest BCUT2D eigenvalue weighted by atomic mass is 9.84. The zero-order valence-corrected chi connectivity index (χ0v) is 13.4. The van der Waals surface area contributed by atoms with Crippen molar-refractivity contribution in [3.63, 3.8) is 0 Å². The Morgan fingerprint density at radius 2 is 1.71 bits per heavy atom. The molecule has 3 fully saturated rings. The summed E-state index contributed by atoms with van der Waals surface area (Å²) in [5.74, 6) is 0.223. The van der Waals surface area contributed by atoms with Crippen LogP contribution in [0.3, 0.4) is 0 Å². The molecule has 1 N–H and O–H groups in total. The topological polar surface area (TPSA) is 43.8 Å². The molecule has 1 aliphatic carbocycles. The molecule has 2 aliphatic heterocycles. The minimum Gasteiger partial charge on any atom is -0.389 e. The summed E-state index contributed by atoms with van der Waals surface area (Å²) in [6.45, 7) is 4.54. The summed E-state index contributed by atoms with van der Waals surface area (Å²) >= 11 is 0. The van der Waals surface area contributed by atoms with Crippen LogP contribution in [0.15, 0.2) is 0 Å². The summed E-state index contributed by atoms with van der Waals surface area (Å²) in [4.78, 5) is 16.4. The monoisotopic (exact) mass is 294 g/mol.